The molecule has 0 saturated heterocycles. The zero-order chi connectivity index (χ0) is 21.5. The van der Waals surface area contributed by atoms with Crippen molar-refractivity contribution in [3.05, 3.63) is 88.4 Å². The van der Waals surface area contributed by atoms with E-state index in [1.807, 2.05) is 72.8 Å². The fourth-order valence-corrected chi connectivity index (χ4v) is 3.43. The summed E-state index contributed by atoms with van der Waals surface area (Å²) in [6, 6.07) is 23.7. The molecule has 0 aliphatic carbocycles. The number of hydrogen-bond donors (Lipinski definition) is 2. The predicted octanol–water partition coefficient (Wildman–Crippen LogP) is 5.95. The first-order chi connectivity index (χ1) is 14.4. The third-order valence-corrected chi connectivity index (χ3v) is 5.26. The van der Waals surface area contributed by atoms with Gasteiger partial charge in [-0.25, -0.2) is 0 Å². The van der Waals surface area contributed by atoms with E-state index in [9.17, 15) is 9.59 Å². The minimum atomic E-state index is -0.807. The highest BCUT2D eigenvalue weighted by molar-refractivity contribution is 9.10. The van der Waals surface area contributed by atoms with E-state index >= 15 is 0 Å². The molecule has 30 heavy (non-hydrogen) atoms. The molecule has 0 spiro atoms. The van der Waals surface area contributed by atoms with Gasteiger partial charge in [-0.1, -0.05) is 40.2 Å². The van der Waals surface area contributed by atoms with Gasteiger partial charge < -0.3 is 15.1 Å². The summed E-state index contributed by atoms with van der Waals surface area (Å²) in [5.41, 5.74) is 4.83. The van der Waals surface area contributed by atoms with E-state index < -0.39 is 11.9 Å². The maximum Gasteiger partial charge on any atom is 0.303 e. The topological polar surface area (TPSA) is 77.8 Å². The van der Waals surface area contributed by atoms with Gasteiger partial charge in [0, 0.05) is 34.4 Å². The fraction of sp³-hybridized carbons (Fsp3) is 0.167. The van der Waals surface area contributed by atoms with Crippen LogP contribution in [0.2, 0.25) is 0 Å². The number of anilines is 3. The number of halogens is 1. The molecule has 3 aromatic carbocycles. The van der Waals surface area contributed by atoms with Gasteiger partial charge in [0.05, 0.1) is 0 Å². The molecule has 0 radical (unpaired) electrons. The average molecular weight is 468 g/mol. The van der Waals surface area contributed by atoms with Gasteiger partial charge in [0.25, 0.3) is 0 Å². The maximum atomic E-state index is 10.8. The third-order valence-electron chi connectivity index (χ3n) is 4.73. The van der Waals surface area contributed by atoms with Crippen molar-refractivity contribution in [2.24, 2.45) is 0 Å². The fourth-order valence-electron chi connectivity index (χ4n) is 3.16. The number of rotatable bonds is 9. The number of aryl methyl sites for hydroxylation is 2. The minimum Gasteiger partial charge on any atom is -0.481 e. The highest BCUT2D eigenvalue weighted by Crippen LogP contribution is 2.35. The summed E-state index contributed by atoms with van der Waals surface area (Å²) in [5.74, 6) is -1.61. The number of aliphatic carboxylic acids is 2. The number of benzene rings is 3. The van der Waals surface area contributed by atoms with Gasteiger partial charge in [-0.2, -0.15) is 0 Å². The second-order valence-electron chi connectivity index (χ2n) is 6.93. The highest BCUT2D eigenvalue weighted by Gasteiger charge is 2.13. The molecule has 0 aromatic heterocycles. The molecule has 5 nitrogen and oxygen atoms in total. The van der Waals surface area contributed by atoms with Crippen LogP contribution in [0.15, 0.2) is 77.3 Å². The summed E-state index contributed by atoms with van der Waals surface area (Å²) in [6.07, 6.45) is 1.19. The molecule has 154 valence electrons. The van der Waals surface area contributed by atoms with Crippen LogP contribution in [-0.4, -0.2) is 22.2 Å². The Bertz CT molecular complexity index is 937. The normalized spacial score (nSPS) is 10.6. The largest absolute Gasteiger partial charge is 0.481 e. The van der Waals surface area contributed by atoms with Crippen molar-refractivity contribution in [1.82, 2.24) is 0 Å². The summed E-state index contributed by atoms with van der Waals surface area (Å²) in [5, 5.41) is 17.8. The first kappa shape index (κ1) is 21.6. The monoisotopic (exact) mass is 467 g/mol. The van der Waals surface area contributed by atoms with Crippen LogP contribution in [0.25, 0.3) is 0 Å². The molecule has 0 unspecified atom stereocenters. The van der Waals surface area contributed by atoms with Crippen molar-refractivity contribution in [3.63, 3.8) is 0 Å². The Morgan fingerprint density at radius 2 is 0.967 bits per heavy atom. The van der Waals surface area contributed by atoms with Crippen molar-refractivity contribution in [3.8, 4) is 0 Å². The molecule has 3 rings (SSSR count). The van der Waals surface area contributed by atoms with Crippen molar-refractivity contribution >= 4 is 44.9 Å². The smallest absolute Gasteiger partial charge is 0.303 e. The van der Waals surface area contributed by atoms with Gasteiger partial charge in [0.1, 0.15) is 0 Å². The van der Waals surface area contributed by atoms with Crippen LogP contribution in [0.5, 0.6) is 0 Å². The Balaban J connectivity index is 1.90. The Kier molecular flexibility index (Phi) is 7.25. The molecule has 0 heterocycles. The Morgan fingerprint density at radius 1 is 0.633 bits per heavy atom. The Hall–Kier alpha value is -3.12. The summed E-state index contributed by atoms with van der Waals surface area (Å²) in [4.78, 5) is 23.7. The van der Waals surface area contributed by atoms with Gasteiger partial charge in [-0.3, -0.25) is 9.59 Å². The lowest BCUT2D eigenvalue weighted by Gasteiger charge is -2.26. The zero-order valence-corrected chi connectivity index (χ0v) is 17.9. The molecule has 0 bridgehead atoms. The first-order valence-corrected chi connectivity index (χ1v) is 10.4. The van der Waals surface area contributed by atoms with E-state index in [1.54, 1.807) is 0 Å². The molecule has 0 aliphatic heterocycles. The SMILES string of the molecule is O=C(O)CCc1ccc(N(c2ccc(Br)cc2)c2ccc(CCC(=O)O)cc2)cc1. The number of carboxylic acids is 2. The van der Waals surface area contributed by atoms with Gasteiger partial charge in [-0.15, -0.1) is 0 Å². The molecular weight excluding hydrogens is 446 g/mol. The second-order valence-corrected chi connectivity index (χ2v) is 7.85. The van der Waals surface area contributed by atoms with Crippen LogP contribution in [-0.2, 0) is 22.4 Å². The molecule has 2 N–H and O–H groups in total. The average Bonchev–Trinajstić information content (AvgIpc) is 2.74. The Morgan fingerprint density at radius 3 is 1.30 bits per heavy atom. The molecule has 0 aliphatic rings. The van der Waals surface area contributed by atoms with Crippen LogP contribution >= 0.6 is 15.9 Å². The van der Waals surface area contributed by atoms with E-state index in [0.29, 0.717) is 12.8 Å². The zero-order valence-electron chi connectivity index (χ0n) is 16.3. The lowest BCUT2D eigenvalue weighted by atomic mass is 10.1. The van der Waals surface area contributed by atoms with Gasteiger partial charge in [0.15, 0.2) is 0 Å². The lowest BCUT2D eigenvalue weighted by Crippen LogP contribution is -2.10. The second kappa shape index (κ2) is 10.1. The first-order valence-electron chi connectivity index (χ1n) is 9.59. The van der Waals surface area contributed by atoms with Crippen molar-refractivity contribution in [2.45, 2.75) is 25.7 Å². The molecular formula is C24H22BrNO4. The maximum absolute atomic E-state index is 10.8. The van der Waals surface area contributed by atoms with Crippen LogP contribution in [0.3, 0.4) is 0 Å². The molecule has 0 amide bonds. The number of carbonyl (C=O) groups is 2. The summed E-state index contributed by atoms with van der Waals surface area (Å²) in [6.45, 7) is 0. The molecule has 6 heteroatoms. The van der Waals surface area contributed by atoms with Crippen LogP contribution < -0.4 is 4.90 Å². The predicted molar refractivity (Wildman–Crippen MR) is 121 cm³/mol. The third kappa shape index (κ3) is 5.94. The summed E-state index contributed by atoms with van der Waals surface area (Å²) < 4.78 is 0.985. The number of hydrogen-bond acceptors (Lipinski definition) is 3. The number of carboxylic acid groups (broad SMARTS) is 2. The van der Waals surface area contributed by atoms with E-state index in [4.69, 9.17) is 10.2 Å². The lowest BCUT2D eigenvalue weighted by molar-refractivity contribution is -0.138. The number of nitrogens with zero attached hydrogens (tertiary/aromatic N) is 1. The summed E-state index contributed by atoms with van der Waals surface area (Å²) in [7, 11) is 0. The molecule has 0 saturated carbocycles. The van der Waals surface area contributed by atoms with E-state index in [0.717, 1.165) is 32.7 Å². The van der Waals surface area contributed by atoms with Gasteiger partial charge in [-0.05, 0) is 72.5 Å². The molecule has 0 fully saturated rings. The van der Waals surface area contributed by atoms with Crippen LogP contribution in [0, 0.1) is 0 Å². The van der Waals surface area contributed by atoms with Gasteiger partial charge in [0.2, 0.25) is 0 Å². The molecule has 3 aromatic rings. The van der Waals surface area contributed by atoms with E-state index in [-0.39, 0.29) is 12.8 Å². The quantitative estimate of drug-likeness (QED) is 0.406. The van der Waals surface area contributed by atoms with Gasteiger partial charge >= 0.3 is 11.9 Å². The van der Waals surface area contributed by atoms with E-state index in [2.05, 4.69) is 20.8 Å². The highest BCUT2D eigenvalue weighted by atomic mass is 79.9. The molecule has 0 atom stereocenters. The van der Waals surface area contributed by atoms with Crippen LogP contribution in [0.4, 0.5) is 17.1 Å². The van der Waals surface area contributed by atoms with Crippen molar-refractivity contribution in [1.29, 1.82) is 0 Å². The summed E-state index contributed by atoms with van der Waals surface area (Å²) >= 11 is 3.47. The van der Waals surface area contributed by atoms with Crippen molar-refractivity contribution < 1.29 is 19.8 Å². The Labute approximate surface area is 183 Å². The minimum absolute atomic E-state index is 0.105. The van der Waals surface area contributed by atoms with E-state index in [1.165, 1.54) is 0 Å². The van der Waals surface area contributed by atoms with Crippen molar-refractivity contribution in [2.75, 3.05) is 4.90 Å². The van der Waals surface area contributed by atoms with Crippen LogP contribution in [0.1, 0.15) is 24.0 Å². The standard InChI is InChI=1S/C24H22BrNO4/c25-19-7-13-22(14-8-19)26(20-9-1-17(2-10-20)5-15-23(27)28)21-11-3-18(4-12-21)6-16-24(29)30/h1-4,7-14H,5-6,15-16H2,(H,27,28)(H,29,30).